The highest BCUT2D eigenvalue weighted by atomic mass is 16.5. The first-order valence-electron chi connectivity index (χ1n) is 12.9. The van der Waals surface area contributed by atoms with Gasteiger partial charge >= 0.3 is 0 Å². The zero-order valence-electron chi connectivity index (χ0n) is 21.4. The molecule has 2 aliphatic rings. The summed E-state index contributed by atoms with van der Waals surface area (Å²) < 4.78 is 16.3. The van der Waals surface area contributed by atoms with Gasteiger partial charge < -0.3 is 29.5 Å². The van der Waals surface area contributed by atoms with E-state index in [0.29, 0.717) is 51.4 Å². The van der Waals surface area contributed by atoms with Gasteiger partial charge in [-0.2, -0.15) is 0 Å². The number of carbonyl (C=O) groups is 1. The van der Waals surface area contributed by atoms with E-state index in [1.165, 1.54) is 0 Å². The van der Waals surface area contributed by atoms with Crippen LogP contribution in [0.3, 0.4) is 0 Å². The molecular weight excluding hydrogens is 458 g/mol. The summed E-state index contributed by atoms with van der Waals surface area (Å²) in [6.07, 6.45) is 7.60. The molecule has 1 aromatic heterocycles. The van der Waals surface area contributed by atoms with Crippen LogP contribution in [0.2, 0.25) is 0 Å². The van der Waals surface area contributed by atoms with Gasteiger partial charge in [-0.1, -0.05) is 12.1 Å². The first kappa shape index (κ1) is 26.5. The van der Waals surface area contributed by atoms with Crippen molar-refractivity contribution in [2.75, 3.05) is 47.1 Å². The van der Waals surface area contributed by atoms with Gasteiger partial charge in [0.2, 0.25) is 5.91 Å². The summed E-state index contributed by atoms with van der Waals surface area (Å²) in [6.45, 7) is 3.26. The van der Waals surface area contributed by atoms with Gasteiger partial charge in [-0.3, -0.25) is 9.78 Å². The lowest BCUT2D eigenvalue weighted by molar-refractivity contribution is -0.150. The average molecular weight is 498 g/mol. The second-order valence-corrected chi connectivity index (χ2v) is 9.79. The van der Waals surface area contributed by atoms with Crippen molar-refractivity contribution in [3.05, 3.63) is 59.4 Å². The van der Waals surface area contributed by atoms with E-state index in [9.17, 15) is 9.90 Å². The highest BCUT2D eigenvalue weighted by Crippen LogP contribution is 2.39. The zero-order valence-corrected chi connectivity index (χ0v) is 21.4. The van der Waals surface area contributed by atoms with Crippen LogP contribution in [0.5, 0.6) is 5.75 Å². The van der Waals surface area contributed by atoms with E-state index in [2.05, 4.69) is 22.4 Å². The van der Waals surface area contributed by atoms with Crippen molar-refractivity contribution < 1.29 is 24.1 Å². The first-order chi connectivity index (χ1) is 17.5. The third-order valence-electron chi connectivity index (χ3n) is 7.09. The predicted molar refractivity (Wildman–Crippen MR) is 137 cm³/mol. The van der Waals surface area contributed by atoms with Gasteiger partial charge in [-0.25, -0.2) is 0 Å². The molecule has 1 saturated heterocycles. The maximum absolute atomic E-state index is 14.0. The lowest BCUT2D eigenvalue weighted by Crippen LogP contribution is -2.55. The summed E-state index contributed by atoms with van der Waals surface area (Å²) in [7, 11) is 3.36. The molecule has 2 aromatic rings. The average Bonchev–Trinajstić information content (AvgIpc) is 3.73. The van der Waals surface area contributed by atoms with Crippen molar-refractivity contribution in [1.29, 1.82) is 0 Å². The number of rotatable bonds is 13. The number of nitrogens with one attached hydrogen (secondary N) is 1. The predicted octanol–water partition coefficient (Wildman–Crippen LogP) is 2.67. The number of ether oxygens (including phenoxy) is 3. The minimum Gasteiger partial charge on any atom is -0.491 e. The molecule has 8 nitrogen and oxygen atoms in total. The molecule has 4 rings (SSSR count). The van der Waals surface area contributed by atoms with Gasteiger partial charge in [-0.05, 0) is 68.0 Å². The summed E-state index contributed by atoms with van der Waals surface area (Å²) in [5.41, 5.74) is 1.66. The molecule has 2 heterocycles. The normalized spacial score (nSPS) is 21.8. The fourth-order valence-corrected chi connectivity index (χ4v) is 5.01. The third-order valence-corrected chi connectivity index (χ3v) is 7.09. The number of aromatic nitrogens is 1. The highest BCUT2D eigenvalue weighted by Gasteiger charge is 2.48. The van der Waals surface area contributed by atoms with E-state index in [1.807, 2.05) is 23.1 Å². The molecule has 1 aliphatic carbocycles. The number of amides is 1. The molecule has 1 aromatic carbocycles. The molecule has 0 spiro atoms. The smallest absolute Gasteiger partial charge is 0.230 e. The van der Waals surface area contributed by atoms with Crippen LogP contribution in [0, 0.1) is 5.92 Å². The molecule has 2 atom stereocenters. The van der Waals surface area contributed by atoms with Crippen LogP contribution in [0.1, 0.15) is 42.4 Å². The number of hydrogen-bond donors (Lipinski definition) is 2. The monoisotopic (exact) mass is 497 g/mol. The lowest BCUT2D eigenvalue weighted by Gasteiger charge is -2.42. The fraction of sp³-hybridized carbons (Fsp3) is 0.571. The standard InChI is InChI=1S/C28H39N3O5/c1-34-12-4-5-21-15-22(17-25(16-21)36-14-13-35-2)20-31(24-7-8-24)27(32)26-19-30-11-9-28(26,33)23-6-3-10-29-18-23/h3,6,10,15-18,24,26,30,33H,4-5,7-9,11-14,19-20H2,1-2H3/t26?,28-/m0/s1. The molecule has 196 valence electrons. The second-order valence-electron chi connectivity index (χ2n) is 9.79. The van der Waals surface area contributed by atoms with E-state index in [-0.39, 0.29) is 11.9 Å². The maximum Gasteiger partial charge on any atom is 0.230 e. The molecule has 1 unspecified atom stereocenters. The Hall–Kier alpha value is -2.52. The number of nitrogens with zero attached hydrogens (tertiary/aromatic N) is 2. The molecule has 2 fully saturated rings. The van der Waals surface area contributed by atoms with Gasteiger partial charge in [0.15, 0.2) is 0 Å². The van der Waals surface area contributed by atoms with E-state index in [1.54, 1.807) is 26.6 Å². The van der Waals surface area contributed by atoms with Crippen LogP contribution in [0.15, 0.2) is 42.7 Å². The van der Waals surface area contributed by atoms with Crippen LogP contribution < -0.4 is 10.1 Å². The number of methoxy groups -OCH3 is 2. The van der Waals surface area contributed by atoms with E-state index >= 15 is 0 Å². The summed E-state index contributed by atoms with van der Waals surface area (Å²) in [4.78, 5) is 20.2. The van der Waals surface area contributed by atoms with Crippen molar-refractivity contribution in [3.8, 4) is 5.75 Å². The molecule has 2 N–H and O–H groups in total. The number of aryl methyl sites for hydroxylation is 1. The van der Waals surface area contributed by atoms with Gasteiger partial charge in [0.25, 0.3) is 0 Å². The van der Waals surface area contributed by atoms with Crippen LogP contribution in [-0.4, -0.2) is 74.1 Å². The molecule has 1 saturated carbocycles. The Morgan fingerprint density at radius 2 is 1.97 bits per heavy atom. The van der Waals surface area contributed by atoms with E-state index < -0.39 is 11.5 Å². The highest BCUT2D eigenvalue weighted by molar-refractivity contribution is 5.81. The first-order valence-corrected chi connectivity index (χ1v) is 12.9. The Balaban J connectivity index is 1.56. The molecule has 1 aliphatic heterocycles. The van der Waals surface area contributed by atoms with Gasteiger partial charge in [0.1, 0.15) is 18.0 Å². The van der Waals surface area contributed by atoms with Gasteiger partial charge in [0, 0.05) is 57.9 Å². The SMILES string of the molecule is COCCCc1cc(CN(C(=O)C2CNCC[C@]2(O)c2cccnc2)C2CC2)cc(OCCOC)c1. The second kappa shape index (κ2) is 12.6. The number of carbonyl (C=O) groups excluding carboxylic acids is 1. The number of pyridine rings is 1. The maximum atomic E-state index is 14.0. The van der Waals surface area contributed by atoms with E-state index in [4.69, 9.17) is 14.2 Å². The van der Waals surface area contributed by atoms with Crippen LogP contribution in [0.25, 0.3) is 0 Å². The van der Waals surface area contributed by atoms with Gasteiger partial charge in [0.05, 0.1) is 12.5 Å². The Morgan fingerprint density at radius 3 is 2.69 bits per heavy atom. The lowest BCUT2D eigenvalue weighted by atomic mass is 9.76. The molecule has 0 bridgehead atoms. The van der Waals surface area contributed by atoms with Crippen molar-refractivity contribution >= 4 is 5.91 Å². The van der Waals surface area contributed by atoms with Crippen molar-refractivity contribution in [3.63, 3.8) is 0 Å². The molecule has 36 heavy (non-hydrogen) atoms. The Labute approximate surface area is 214 Å². The number of aliphatic hydroxyl groups is 1. The Morgan fingerprint density at radius 1 is 1.17 bits per heavy atom. The topological polar surface area (TPSA) is 93.2 Å². The minimum atomic E-state index is -1.24. The molecule has 0 radical (unpaired) electrons. The fourth-order valence-electron chi connectivity index (χ4n) is 5.01. The summed E-state index contributed by atoms with van der Waals surface area (Å²) in [6, 6.07) is 10.1. The quantitative estimate of drug-likeness (QED) is 0.411. The van der Waals surface area contributed by atoms with Crippen molar-refractivity contribution in [1.82, 2.24) is 15.2 Å². The largest absolute Gasteiger partial charge is 0.491 e. The van der Waals surface area contributed by atoms with Crippen molar-refractivity contribution in [2.24, 2.45) is 5.92 Å². The number of piperidine rings is 1. The Bertz CT molecular complexity index is 956. The molecule has 8 heteroatoms. The van der Waals surface area contributed by atoms with E-state index in [0.717, 1.165) is 42.6 Å². The molecule has 1 amide bonds. The van der Waals surface area contributed by atoms with Crippen LogP contribution >= 0.6 is 0 Å². The number of hydrogen-bond acceptors (Lipinski definition) is 7. The molecular formula is C28H39N3O5. The number of benzene rings is 1. The van der Waals surface area contributed by atoms with Crippen molar-refractivity contribution in [2.45, 2.75) is 50.3 Å². The minimum absolute atomic E-state index is 0.0114. The summed E-state index contributed by atoms with van der Waals surface area (Å²) in [5, 5.41) is 15.1. The van der Waals surface area contributed by atoms with Crippen LogP contribution in [-0.2, 0) is 32.8 Å². The third kappa shape index (κ3) is 6.62. The summed E-state index contributed by atoms with van der Waals surface area (Å²) >= 11 is 0. The zero-order chi connectivity index (χ0) is 25.4. The Kier molecular flexibility index (Phi) is 9.31. The van der Waals surface area contributed by atoms with Gasteiger partial charge in [-0.15, -0.1) is 0 Å². The summed E-state index contributed by atoms with van der Waals surface area (Å²) in [5.74, 6) is 0.201. The van der Waals surface area contributed by atoms with Crippen LogP contribution in [0.4, 0.5) is 0 Å².